The van der Waals surface area contributed by atoms with Crippen molar-refractivity contribution in [3.05, 3.63) is 95.6 Å². The van der Waals surface area contributed by atoms with Crippen molar-refractivity contribution < 1.29 is 17.9 Å². The number of anilines is 2. The van der Waals surface area contributed by atoms with Crippen molar-refractivity contribution in [1.82, 2.24) is 14.9 Å². The number of nitrogens with one attached hydrogen (secondary N) is 2. The molecule has 6 rings (SSSR count). The second-order valence-corrected chi connectivity index (χ2v) is 12.3. The number of fused-ring (bicyclic) bond motifs is 6. The maximum atomic E-state index is 13.5. The van der Waals surface area contributed by atoms with E-state index in [0.29, 0.717) is 37.4 Å². The smallest absolute Gasteiger partial charge is 0.264 e. The lowest BCUT2D eigenvalue weighted by molar-refractivity contribution is -0.123. The summed E-state index contributed by atoms with van der Waals surface area (Å²) < 4.78 is 35.7. The summed E-state index contributed by atoms with van der Waals surface area (Å²) in [5.74, 6) is -0.402. The van der Waals surface area contributed by atoms with E-state index in [2.05, 4.69) is 37.0 Å². The molecule has 9 nitrogen and oxygen atoms in total. The van der Waals surface area contributed by atoms with Gasteiger partial charge in [0, 0.05) is 37.0 Å². The van der Waals surface area contributed by atoms with Crippen LogP contribution in [0.3, 0.4) is 0 Å². The number of amides is 1. The Morgan fingerprint density at radius 1 is 0.927 bits per heavy atom. The van der Waals surface area contributed by atoms with Gasteiger partial charge >= 0.3 is 0 Å². The Morgan fingerprint density at radius 2 is 1.68 bits per heavy atom. The van der Waals surface area contributed by atoms with E-state index in [1.54, 1.807) is 18.2 Å². The van der Waals surface area contributed by atoms with E-state index in [9.17, 15) is 13.2 Å². The number of sulfonamides is 1. The van der Waals surface area contributed by atoms with Crippen LogP contribution in [0.4, 0.5) is 11.6 Å². The van der Waals surface area contributed by atoms with E-state index >= 15 is 0 Å². The highest BCUT2D eigenvalue weighted by atomic mass is 32.2. The minimum Gasteiger partial charge on any atom is -0.473 e. The summed E-state index contributed by atoms with van der Waals surface area (Å²) in [5, 5.41) is 2.92. The third-order valence-electron chi connectivity index (χ3n) is 7.47. The summed E-state index contributed by atoms with van der Waals surface area (Å²) in [5.41, 5.74) is 4.97. The molecular formula is C31H31N5O4S. The largest absolute Gasteiger partial charge is 0.473 e. The van der Waals surface area contributed by atoms with Gasteiger partial charge in [0.05, 0.1) is 16.5 Å². The molecule has 2 aliphatic heterocycles. The molecule has 0 radical (unpaired) electrons. The van der Waals surface area contributed by atoms with Gasteiger partial charge in [0.15, 0.2) is 0 Å². The Hall–Kier alpha value is -4.28. The molecule has 1 amide bonds. The molecule has 0 saturated carbocycles. The molecule has 0 aliphatic carbocycles. The molecule has 1 fully saturated rings. The average molecular weight is 570 g/mol. The third-order valence-corrected chi connectivity index (χ3v) is 8.80. The van der Waals surface area contributed by atoms with Crippen molar-refractivity contribution in [3.8, 4) is 17.1 Å². The third kappa shape index (κ3) is 5.94. The highest BCUT2D eigenvalue weighted by Crippen LogP contribution is 2.32. The lowest BCUT2D eigenvalue weighted by Crippen LogP contribution is -2.48. The molecule has 1 aromatic heterocycles. The Kier molecular flexibility index (Phi) is 7.19. The molecule has 3 heterocycles. The molecule has 0 spiro atoms. The van der Waals surface area contributed by atoms with Gasteiger partial charge in [0.2, 0.25) is 17.7 Å². The molecule has 2 N–H and O–H groups in total. The van der Waals surface area contributed by atoms with Crippen LogP contribution < -0.4 is 14.8 Å². The lowest BCUT2D eigenvalue weighted by Gasteiger charge is -2.37. The van der Waals surface area contributed by atoms with Crippen molar-refractivity contribution in [2.24, 2.45) is 5.92 Å². The molecule has 2 atom stereocenters. The zero-order chi connectivity index (χ0) is 28.6. The zero-order valence-corrected chi connectivity index (χ0v) is 23.7. The van der Waals surface area contributed by atoms with Gasteiger partial charge < -0.3 is 10.1 Å². The average Bonchev–Trinajstić information content (AvgIpc) is 2.93. The number of likely N-dealkylation sites (tertiary alicyclic amines) is 1. The summed E-state index contributed by atoms with van der Waals surface area (Å²) in [6, 6.07) is 24.0. The summed E-state index contributed by atoms with van der Waals surface area (Å²) >= 11 is 0. The number of nitrogens with zero attached hydrogens (tertiary/aromatic N) is 3. The first-order valence-corrected chi connectivity index (χ1v) is 15.0. The predicted octanol–water partition coefficient (Wildman–Crippen LogP) is 4.78. The van der Waals surface area contributed by atoms with Crippen molar-refractivity contribution in [3.63, 3.8) is 0 Å². The Balaban J connectivity index is 1.44. The minimum atomic E-state index is -4.06. The lowest BCUT2D eigenvalue weighted by atomic mass is 9.94. The number of aryl methyl sites for hydroxylation is 2. The van der Waals surface area contributed by atoms with Crippen molar-refractivity contribution >= 4 is 27.6 Å². The number of rotatable bonds is 3. The molecule has 6 bridgehead atoms. The molecule has 41 heavy (non-hydrogen) atoms. The monoisotopic (exact) mass is 569 g/mol. The van der Waals surface area contributed by atoms with E-state index in [0.717, 1.165) is 22.3 Å². The molecule has 4 aromatic rings. The Bertz CT molecular complexity index is 1690. The van der Waals surface area contributed by atoms with E-state index in [1.165, 1.54) is 12.1 Å². The van der Waals surface area contributed by atoms with Crippen LogP contribution in [0.25, 0.3) is 11.3 Å². The van der Waals surface area contributed by atoms with Crippen LogP contribution >= 0.6 is 0 Å². The fourth-order valence-electron chi connectivity index (χ4n) is 5.60. The summed E-state index contributed by atoms with van der Waals surface area (Å²) in [6.07, 6.45) is 0.128. The predicted molar refractivity (Wildman–Crippen MR) is 157 cm³/mol. The van der Waals surface area contributed by atoms with Crippen LogP contribution in [-0.4, -0.2) is 48.4 Å². The van der Waals surface area contributed by atoms with Gasteiger partial charge in [-0.2, -0.15) is 4.98 Å². The number of hydrogen-bond donors (Lipinski definition) is 2. The molecular weight excluding hydrogens is 538 g/mol. The van der Waals surface area contributed by atoms with Gasteiger partial charge in [-0.1, -0.05) is 54.6 Å². The van der Waals surface area contributed by atoms with Crippen molar-refractivity contribution in [1.29, 1.82) is 0 Å². The number of carbonyl (C=O) groups excluding carboxylic acids is 1. The molecule has 2 aliphatic rings. The molecule has 1 saturated heterocycles. The highest BCUT2D eigenvalue weighted by molar-refractivity contribution is 7.92. The number of hydrogen-bond acceptors (Lipinski definition) is 7. The van der Waals surface area contributed by atoms with Crippen LogP contribution in [0, 0.1) is 19.8 Å². The number of piperidine rings is 1. The van der Waals surface area contributed by atoms with Crippen LogP contribution in [0.1, 0.15) is 23.1 Å². The number of aromatic nitrogens is 2. The van der Waals surface area contributed by atoms with Gasteiger partial charge in [0.25, 0.3) is 10.0 Å². The topological polar surface area (TPSA) is 114 Å². The second-order valence-electron chi connectivity index (χ2n) is 10.7. The maximum absolute atomic E-state index is 13.5. The first-order valence-electron chi connectivity index (χ1n) is 13.6. The first-order chi connectivity index (χ1) is 19.7. The quantitative estimate of drug-likeness (QED) is 0.365. The normalized spacial score (nSPS) is 20.2. The van der Waals surface area contributed by atoms with E-state index in [-0.39, 0.29) is 34.7 Å². The fourth-order valence-corrected chi connectivity index (χ4v) is 6.59. The van der Waals surface area contributed by atoms with Gasteiger partial charge in [-0.15, -0.1) is 0 Å². The van der Waals surface area contributed by atoms with Gasteiger partial charge in [-0.05, 0) is 55.2 Å². The van der Waals surface area contributed by atoms with Gasteiger partial charge in [-0.25, -0.2) is 18.1 Å². The van der Waals surface area contributed by atoms with Crippen LogP contribution in [0.2, 0.25) is 0 Å². The summed E-state index contributed by atoms with van der Waals surface area (Å²) in [7, 11) is -4.06. The molecule has 3 aromatic carbocycles. The summed E-state index contributed by atoms with van der Waals surface area (Å²) in [6.45, 7) is 5.76. The van der Waals surface area contributed by atoms with Gasteiger partial charge in [0.1, 0.15) is 6.10 Å². The van der Waals surface area contributed by atoms with E-state index < -0.39 is 10.0 Å². The number of carbonyl (C=O) groups is 1. The minimum absolute atomic E-state index is 0.0110. The van der Waals surface area contributed by atoms with E-state index in [4.69, 9.17) is 4.74 Å². The highest BCUT2D eigenvalue weighted by Gasteiger charge is 2.34. The maximum Gasteiger partial charge on any atom is 0.264 e. The van der Waals surface area contributed by atoms with Crippen molar-refractivity contribution in [2.75, 3.05) is 23.1 Å². The Labute approximate surface area is 239 Å². The number of ether oxygens (including phenoxy) is 1. The van der Waals surface area contributed by atoms with Crippen LogP contribution in [-0.2, 0) is 21.4 Å². The van der Waals surface area contributed by atoms with Gasteiger partial charge in [-0.3, -0.25) is 9.69 Å². The SMILES string of the molecule is Cc1cccc(C)c1-c1cc2nc(n1)NS(=O)(=O)c1cccc(c1)NC(=O)[C@@H]1C[C@@H](CN(Cc3ccccc3)C1)O2. The Morgan fingerprint density at radius 3 is 2.46 bits per heavy atom. The summed E-state index contributed by atoms with van der Waals surface area (Å²) in [4.78, 5) is 24.7. The van der Waals surface area contributed by atoms with Crippen LogP contribution in [0.15, 0.2) is 83.8 Å². The molecule has 210 valence electrons. The van der Waals surface area contributed by atoms with Crippen molar-refractivity contribution in [2.45, 2.75) is 37.8 Å². The first kappa shape index (κ1) is 26.9. The zero-order valence-electron chi connectivity index (χ0n) is 22.9. The second kappa shape index (κ2) is 10.9. The van der Waals surface area contributed by atoms with Crippen LogP contribution in [0.5, 0.6) is 5.88 Å². The molecule has 0 unspecified atom stereocenters. The fraction of sp³-hybridized carbons (Fsp3) is 0.258. The number of benzene rings is 3. The standard InChI is InChI=1S/C31H31N5O4S/c1-20-8-6-9-21(2)29(20)27-16-28-34-31(33-27)35-41(38,39)26-13-7-12-24(15-26)32-30(37)23-14-25(40-28)19-36(18-23)17-22-10-4-3-5-11-22/h3-13,15-16,23,25H,14,17-19H2,1-2H3,(H,32,37)(H,33,34,35)/t23-,25+/m1/s1. The van der Waals surface area contributed by atoms with E-state index in [1.807, 2.05) is 50.2 Å². The molecule has 10 heteroatoms.